The van der Waals surface area contributed by atoms with Gasteiger partial charge in [-0.3, -0.25) is 9.59 Å². The Morgan fingerprint density at radius 1 is 1.35 bits per heavy atom. The van der Waals surface area contributed by atoms with E-state index in [1.807, 2.05) is 0 Å². The summed E-state index contributed by atoms with van der Waals surface area (Å²) in [6.45, 7) is 1.13. The number of rotatable bonds is 4. The highest BCUT2D eigenvalue weighted by Crippen LogP contribution is 2.22. The maximum absolute atomic E-state index is 12.1. The number of phenolic OH excluding ortho intramolecular Hbond substituents is 1. The van der Waals surface area contributed by atoms with E-state index in [0.717, 1.165) is 17.7 Å². The molecule has 2 rings (SSSR count). The van der Waals surface area contributed by atoms with Crippen LogP contribution in [0.3, 0.4) is 0 Å². The van der Waals surface area contributed by atoms with Crippen molar-refractivity contribution < 1.29 is 14.7 Å². The fourth-order valence-corrected chi connectivity index (χ4v) is 3.02. The summed E-state index contributed by atoms with van der Waals surface area (Å²) < 4.78 is 0. The molecule has 1 unspecified atom stereocenters. The molecule has 20 heavy (non-hydrogen) atoms. The monoisotopic (exact) mass is 294 g/mol. The van der Waals surface area contributed by atoms with Gasteiger partial charge in [0.2, 0.25) is 11.8 Å². The van der Waals surface area contributed by atoms with Crippen LogP contribution < -0.4 is 5.73 Å². The first-order valence-electron chi connectivity index (χ1n) is 6.55. The topological polar surface area (TPSA) is 83.6 Å². The van der Waals surface area contributed by atoms with Crippen molar-refractivity contribution in [2.45, 2.75) is 17.7 Å². The Morgan fingerprint density at radius 2 is 2.05 bits per heavy atom. The van der Waals surface area contributed by atoms with E-state index >= 15 is 0 Å². The van der Waals surface area contributed by atoms with Crippen molar-refractivity contribution in [2.75, 3.05) is 18.8 Å². The first kappa shape index (κ1) is 14.7. The molecule has 0 saturated carbocycles. The minimum absolute atomic E-state index is 0.0222. The average Bonchev–Trinajstić information content (AvgIpc) is 2.46. The number of nitrogens with two attached hydrogens (primary N) is 1. The zero-order valence-corrected chi connectivity index (χ0v) is 11.9. The molecule has 0 aromatic heterocycles. The molecule has 1 heterocycles. The zero-order valence-electron chi connectivity index (χ0n) is 11.1. The highest BCUT2D eigenvalue weighted by molar-refractivity contribution is 8.00. The first-order valence-corrected chi connectivity index (χ1v) is 7.54. The van der Waals surface area contributed by atoms with E-state index in [1.165, 1.54) is 11.8 Å². The molecule has 3 N–H and O–H groups in total. The SMILES string of the molecule is NC(=O)C1CCCN(C(=O)CSc2ccc(O)cc2)C1. The van der Waals surface area contributed by atoms with E-state index in [9.17, 15) is 14.7 Å². The van der Waals surface area contributed by atoms with Crippen molar-refractivity contribution >= 4 is 23.6 Å². The number of phenols is 1. The zero-order chi connectivity index (χ0) is 14.5. The lowest BCUT2D eigenvalue weighted by Gasteiger charge is -2.31. The number of hydrogen-bond donors (Lipinski definition) is 2. The van der Waals surface area contributed by atoms with Crippen molar-refractivity contribution in [3.63, 3.8) is 0 Å². The van der Waals surface area contributed by atoms with Gasteiger partial charge in [-0.2, -0.15) is 0 Å². The molecular formula is C14H18N2O3S. The number of thioether (sulfide) groups is 1. The van der Waals surface area contributed by atoms with Crippen molar-refractivity contribution in [3.05, 3.63) is 24.3 Å². The van der Waals surface area contributed by atoms with Gasteiger partial charge in [0.15, 0.2) is 0 Å². The van der Waals surface area contributed by atoms with Crippen LogP contribution in [0.1, 0.15) is 12.8 Å². The summed E-state index contributed by atoms with van der Waals surface area (Å²) in [6.07, 6.45) is 1.59. The van der Waals surface area contributed by atoms with E-state index in [2.05, 4.69) is 0 Å². The quantitative estimate of drug-likeness (QED) is 0.818. The molecule has 1 atom stereocenters. The minimum atomic E-state index is -0.325. The van der Waals surface area contributed by atoms with Crippen LogP contribution in [-0.2, 0) is 9.59 Å². The molecule has 2 amide bonds. The van der Waals surface area contributed by atoms with E-state index < -0.39 is 0 Å². The molecule has 0 spiro atoms. The number of carbonyl (C=O) groups is 2. The van der Waals surface area contributed by atoms with E-state index in [0.29, 0.717) is 18.8 Å². The molecule has 1 fully saturated rings. The third-order valence-corrected chi connectivity index (χ3v) is 4.37. The number of benzene rings is 1. The molecule has 0 aliphatic carbocycles. The number of primary amides is 1. The summed E-state index contributed by atoms with van der Waals surface area (Å²) >= 11 is 1.42. The van der Waals surface area contributed by atoms with Gasteiger partial charge in [-0.15, -0.1) is 11.8 Å². The Balaban J connectivity index is 1.85. The standard InChI is InChI=1S/C14H18N2O3S/c15-14(19)10-2-1-7-16(8-10)13(18)9-20-12-5-3-11(17)4-6-12/h3-6,10,17H,1-2,7-9H2,(H2,15,19). The van der Waals surface area contributed by atoms with Gasteiger partial charge in [-0.1, -0.05) is 0 Å². The van der Waals surface area contributed by atoms with Crippen LogP contribution >= 0.6 is 11.8 Å². The Labute approximate surface area is 122 Å². The van der Waals surface area contributed by atoms with Gasteiger partial charge >= 0.3 is 0 Å². The number of amides is 2. The maximum Gasteiger partial charge on any atom is 0.232 e. The van der Waals surface area contributed by atoms with E-state index in [-0.39, 0.29) is 23.5 Å². The number of likely N-dealkylation sites (tertiary alicyclic amines) is 1. The summed E-state index contributed by atoms with van der Waals surface area (Å²) in [5, 5.41) is 9.19. The maximum atomic E-state index is 12.1. The first-order chi connectivity index (χ1) is 9.56. The molecular weight excluding hydrogens is 276 g/mol. The lowest BCUT2D eigenvalue weighted by atomic mass is 9.97. The number of nitrogens with zero attached hydrogens (tertiary/aromatic N) is 1. The average molecular weight is 294 g/mol. The molecule has 108 valence electrons. The summed E-state index contributed by atoms with van der Waals surface area (Å²) in [4.78, 5) is 25.9. The minimum Gasteiger partial charge on any atom is -0.508 e. The fourth-order valence-electron chi connectivity index (χ4n) is 2.21. The molecule has 1 aliphatic heterocycles. The number of aromatic hydroxyl groups is 1. The van der Waals surface area contributed by atoms with Crippen LogP contribution in [-0.4, -0.2) is 40.7 Å². The summed E-state index contributed by atoms with van der Waals surface area (Å²) in [7, 11) is 0. The van der Waals surface area contributed by atoms with Gasteiger partial charge in [0.25, 0.3) is 0 Å². The normalized spacial score (nSPS) is 18.8. The van der Waals surface area contributed by atoms with Crippen LogP contribution in [0, 0.1) is 5.92 Å². The largest absolute Gasteiger partial charge is 0.508 e. The Hall–Kier alpha value is -1.69. The van der Waals surface area contributed by atoms with Crippen LogP contribution in [0.5, 0.6) is 5.75 Å². The lowest BCUT2D eigenvalue weighted by molar-refractivity contribution is -0.132. The highest BCUT2D eigenvalue weighted by Gasteiger charge is 2.26. The van der Waals surface area contributed by atoms with E-state index in [1.54, 1.807) is 29.2 Å². The second-order valence-corrected chi connectivity index (χ2v) is 5.91. The van der Waals surface area contributed by atoms with Gasteiger partial charge in [0, 0.05) is 18.0 Å². The Kier molecular flexibility index (Phi) is 4.89. The van der Waals surface area contributed by atoms with Gasteiger partial charge in [-0.05, 0) is 37.1 Å². The van der Waals surface area contributed by atoms with Crippen LogP contribution in [0.4, 0.5) is 0 Å². The van der Waals surface area contributed by atoms with Crippen molar-refractivity contribution in [1.29, 1.82) is 0 Å². The van der Waals surface area contributed by atoms with Crippen molar-refractivity contribution in [3.8, 4) is 5.75 Å². The van der Waals surface area contributed by atoms with Crippen molar-refractivity contribution in [1.82, 2.24) is 4.90 Å². The third kappa shape index (κ3) is 3.90. The van der Waals surface area contributed by atoms with Gasteiger partial charge < -0.3 is 15.7 Å². The molecule has 6 heteroatoms. The predicted molar refractivity (Wildman–Crippen MR) is 77.3 cm³/mol. The molecule has 0 bridgehead atoms. The molecule has 1 aliphatic rings. The molecule has 0 radical (unpaired) electrons. The summed E-state index contributed by atoms with van der Waals surface area (Å²) in [5.41, 5.74) is 5.30. The van der Waals surface area contributed by atoms with Crippen LogP contribution in [0.2, 0.25) is 0 Å². The van der Waals surface area contributed by atoms with Crippen LogP contribution in [0.25, 0.3) is 0 Å². The fraction of sp³-hybridized carbons (Fsp3) is 0.429. The molecule has 1 aromatic rings. The van der Waals surface area contributed by atoms with Crippen LogP contribution in [0.15, 0.2) is 29.2 Å². The smallest absolute Gasteiger partial charge is 0.232 e. The Bertz CT molecular complexity index is 490. The molecule has 1 saturated heterocycles. The second kappa shape index (κ2) is 6.65. The van der Waals surface area contributed by atoms with Crippen molar-refractivity contribution in [2.24, 2.45) is 11.7 Å². The number of carbonyl (C=O) groups excluding carboxylic acids is 2. The number of hydrogen-bond acceptors (Lipinski definition) is 4. The number of piperidine rings is 1. The van der Waals surface area contributed by atoms with Gasteiger partial charge in [-0.25, -0.2) is 0 Å². The third-order valence-electron chi connectivity index (χ3n) is 3.38. The van der Waals surface area contributed by atoms with Gasteiger partial charge in [0.05, 0.1) is 11.7 Å². The molecule has 5 nitrogen and oxygen atoms in total. The van der Waals surface area contributed by atoms with Gasteiger partial charge in [0.1, 0.15) is 5.75 Å². The lowest BCUT2D eigenvalue weighted by Crippen LogP contribution is -2.44. The predicted octanol–water partition coefficient (Wildman–Crippen LogP) is 1.21. The second-order valence-electron chi connectivity index (χ2n) is 4.86. The summed E-state index contributed by atoms with van der Waals surface area (Å²) in [6, 6.07) is 6.74. The molecule has 1 aromatic carbocycles. The Morgan fingerprint density at radius 3 is 2.70 bits per heavy atom. The van der Waals surface area contributed by atoms with E-state index in [4.69, 9.17) is 5.73 Å². The highest BCUT2D eigenvalue weighted by atomic mass is 32.2. The summed E-state index contributed by atoms with van der Waals surface area (Å²) in [5.74, 6) is 0.0195.